The fourth-order valence-electron chi connectivity index (χ4n) is 4.27. The van der Waals surface area contributed by atoms with Crippen LogP contribution >= 0.6 is 0 Å². The minimum absolute atomic E-state index is 0.374. The number of aryl methyl sites for hydroxylation is 1. The number of anilines is 1. The van der Waals surface area contributed by atoms with Crippen molar-refractivity contribution in [2.24, 2.45) is 5.73 Å². The summed E-state index contributed by atoms with van der Waals surface area (Å²) >= 11 is 0. The van der Waals surface area contributed by atoms with Gasteiger partial charge in [-0.05, 0) is 36.9 Å². The maximum Gasteiger partial charge on any atom is 0.415 e. The molecule has 0 bridgehead atoms. The van der Waals surface area contributed by atoms with Crippen LogP contribution < -0.4 is 20.7 Å². The lowest BCUT2D eigenvalue weighted by Crippen LogP contribution is -2.40. The first kappa shape index (κ1) is 27.2. The lowest BCUT2D eigenvalue weighted by Gasteiger charge is -2.23. The molecule has 1 amide bonds. The molecule has 0 aliphatic carbocycles. The van der Waals surface area contributed by atoms with Gasteiger partial charge in [0.1, 0.15) is 5.75 Å². The lowest BCUT2D eigenvalue weighted by atomic mass is 9.97. The number of ether oxygens (including phenoxy) is 4. The molecule has 9 nitrogen and oxygen atoms in total. The smallest absolute Gasteiger partial charge is 0.409 e. The van der Waals surface area contributed by atoms with Crippen LogP contribution in [0.15, 0.2) is 24.3 Å². The number of nitrogens with zero attached hydrogens (tertiary/aromatic N) is 2. The number of amides is 1. The van der Waals surface area contributed by atoms with Crippen molar-refractivity contribution in [1.29, 1.82) is 0 Å². The van der Waals surface area contributed by atoms with Gasteiger partial charge in [-0.15, -0.1) is 0 Å². The van der Waals surface area contributed by atoms with Gasteiger partial charge < -0.3 is 39.8 Å². The Labute approximate surface area is 208 Å². The topological polar surface area (TPSA) is 98.5 Å². The molecule has 3 N–H and O–H groups in total. The standard InChI is InChI=1S/C26H40N4O5/c1-20-5-4-6-22-24(19-23-21(25(20)22)7-10-29(23)3)35-26(31)30(11-9-28-2)12-14-33-16-18-34-17-15-32-13-8-27/h4-6,19,28H,7-18,27H2,1-3H3. The first-order valence-corrected chi connectivity index (χ1v) is 12.4. The molecule has 0 unspecified atom stereocenters. The molecule has 1 aliphatic heterocycles. The Kier molecular flexibility index (Phi) is 11.0. The van der Waals surface area contributed by atoms with Crippen LogP contribution in [-0.2, 0) is 20.6 Å². The zero-order valence-corrected chi connectivity index (χ0v) is 21.3. The normalized spacial score (nSPS) is 12.9. The molecule has 1 heterocycles. The molecule has 194 valence electrons. The number of hydrogen-bond acceptors (Lipinski definition) is 8. The average molecular weight is 489 g/mol. The fourth-order valence-corrected chi connectivity index (χ4v) is 4.27. The van der Waals surface area contributed by atoms with E-state index in [2.05, 4.69) is 30.3 Å². The molecular weight excluding hydrogens is 448 g/mol. The monoisotopic (exact) mass is 488 g/mol. The molecule has 2 aromatic rings. The number of carbonyl (C=O) groups excluding carboxylic acids is 1. The summed E-state index contributed by atoms with van der Waals surface area (Å²) in [6.45, 7) is 8.09. The Hall–Kier alpha value is -2.43. The number of nitrogens with two attached hydrogens (primary N) is 1. The van der Waals surface area contributed by atoms with Gasteiger partial charge >= 0.3 is 6.09 Å². The number of hydrogen-bond donors (Lipinski definition) is 2. The van der Waals surface area contributed by atoms with Gasteiger partial charge in [-0.1, -0.05) is 18.2 Å². The SMILES string of the molecule is CNCCN(CCOCCOCCOCCN)C(=O)Oc1cc2c(c3c(C)cccc13)CCN2C. The van der Waals surface area contributed by atoms with Crippen molar-refractivity contribution in [3.8, 4) is 5.75 Å². The van der Waals surface area contributed by atoms with Gasteiger partial charge in [0.05, 0.1) is 39.6 Å². The minimum atomic E-state index is -0.374. The second kappa shape index (κ2) is 14.2. The highest BCUT2D eigenvalue weighted by atomic mass is 16.6. The van der Waals surface area contributed by atoms with E-state index >= 15 is 0 Å². The van der Waals surface area contributed by atoms with E-state index in [1.54, 1.807) is 4.90 Å². The third-order valence-corrected chi connectivity index (χ3v) is 6.12. The van der Waals surface area contributed by atoms with Crippen molar-refractivity contribution in [2.75, 3.05) is 91.4 Å². The van der Waals surface area contributed by atoms with E-state index in [0.29, 0.717) is 71.6 Å². The second-order valence-electron chi connectivity index (χ2n) is 8.63. The van der Waals surface area contributed by atoms with E-state index in [1.165, 1.54) is 16.5 Å². The summed E-state index contributed by atoms with van der Waals surface area (Å²) in [4.78, 5) is 17.1. The van der Waals surface area contributed by atoms with E-state index in [9.17, 15) is 4.79 Å². The van der Waals surface area contributed by atoms with Crippen molar-refractivity contribution >= 4 is 22.6 Å². The molecule has 0 fully saturated rings. The predicted molar refractivity (Wildman–Crippen MR) is 139 cm³/mol. The Bertz CT molecular complexity index is 955. The van der Waals surface area contributed by atoms with Gasteiger partial charge in [0.15, 0.2) is 0 Å². The fraction of sp³-hybridized carbons (Fsp3) is 0.577. The Morgan fingerprint density at radius 1 is 1.09 bits per heavy atom. The Morgan fingerprint density at radius 3 is 2.51 bits per heavy atom. The summed E-state index contributed by atoms with van der Waals surface area (Å²) in [6, 6.07) is 8.16. The van der Waals surface area contributed by atoms with E-state index in [0.717, 1.165) is 24.0 Å². The summed E-state index contributed by atoms with van der Waals surface area (Å²) in [5.41, 5.74) is 9.03. The van der Waals surface area contributed by atoms with Gasteiger partial charge in [0, 0.05) is 56.9 Å². The van der Waals surface area contributed by atoms with Crippen LogP contribution in [0, 0.1) is 6.92 Å². The summed E-state index contributed by atoms with van der Waals surface area (Å²) in [5, 5.41) is 5.26. The molecule has 9 heteroatoms. The summed E-state index contributed by atoms with van der Waals surface area (Å²) in [6.07, 6.45) is 0.623. The van der Waals surface area contributed by atoms with Crippen LogP contribution in [0.5, 0.6) is 5.75 Å². The van der Waals surface area contributed by atoms with Gasteiger partial charge in [0.25, 0.3) is 0 Å². The van der Waals surface area contributed by atoms with Gasteiger partial charge in [-0.2, -0.15) is 0 Å². The lowest BCUT2D eigenvalue weighted by molar-refractivity contribution is 0.0126. The summed E-state index contributed by atoms with van der Waals surface area (Å²) in [7, 11) is 3.94. The number of carbonyl (C=O) groups is 1. The van der Waals surface area contributed by atoms with Crippen molar-refractivity contribution in [3.05, 3.63) is 35.4 Å². The Balaban J connectivity index is 1.58. The summed E-state index contributed by atoms with van der Waals surface area (Å²) in [5.74, 6) is 0.599. The largest absolute Gasteiger partial charge is 0.415 e. The third-order valence-electron chi connectivity index (χ3n) is 6.12. The predicted octanol–water partition coefficient (Wildman–Crippen LogP) is 2.17. The van der Waals surface area contributed by atoms with Crippen molar-refractivity contribution in [2.45, 2.75) is 13.3 Å². The van der Waals surface area contributed by atoms with Crippen LogP contribution in [0.2, 0.25) is 0 Å². The van der Waals surface area contributed by atoms with Crippen molar-refractivity contribution in [3.63, 3.8) is 0 Å². The molecule has 3 rings (SSSR count). The number of rotatable bonds is 15. The van der Waals surface area contributed by atoms with Gasteiger partial charge in [-0.25, -0.2) is 4.79 Å². The number of likely N-dealkylation sites (N-methyl/N-ethyl adjacent to an activating group) is 2. The first-order chi connectivity index (χ1) is 17.1. The highest BCUT2D eigenvalue weighted by molar-refractivity contribution is 5.99. The van der Waals surface area contributed by atoms with Crippen LogP contribution in [-0.4, -0.2) is 97.5 Å². The first-order valence-electron chi connectivity index (χ1n) is 12.4. The number of nitrogens with one attached hydrogen (secondary N) is 1. The molecule has 0 radical (unpaired) electrons. The molecular formula is C26H40N4O5. The van der Waals surface area contributed by atoms with E-state index in [-0.39, 0.29) is 6.09 Å². The van der Waals surface area contributed by atoms with Crippen LogP contribution in [0.1, 0.15) is 11.1 Å². The zero-order chi connectivity index (χ0) is 25.0. The van der Waals surface area contributed by atoms with Crippen molar-refractivity contribution < 1.29 is 23.7 Å². The van der Waals surface area contributed by atoms with Gasteiger partial charge in [-0.3, -0.25) is 0 Å². The van der Waals surface area contributed by atoms with Crippen LogP contribution in [0.4, 0.5) is 10.5 Å². The maximum absolute atomic E-state index is 13.2. The summed E-state index contributed by atoms with van der Waals surface area (Å²) < 4.78 is 22.4. The van der Waals surface area contributed by atoms with E-state index in [1.807, 2.05) is 25.2 Å². The zero-order valence-electron chi connectivity index (χ0n) is 21.3. The molecule has 2 aromatic carbocycles. The van der Waals surface area contributed by atoms with Crippen LogP contribution in [0.25, 0.3) is 10.8 Å². The van der Waals surface area contributed by atoms with Gasteiger partial charge in [0.2, 0.25) is 0 Å². The second-order valence-corrected chi connectivity index (χ2v) is 8.63. The van der Waals surface area contributed by atoms with E-state index in [4.69, 9.17) is 24.7 Å². The minimum Gasteiger partial charge on any atom is -0.409 e. The Morgan fingerprint density at radius 2 is 1.80 bits per heavy atom. The molecule has 0 aromatic heterocycles. The quantitative estimate of drug-likeness (QED) is 0.368. The highest BCUT2D eigenvalue weighted by Gasteiger charge is 2.24. The van der Waals surface area contributed by atoms with Crippen molar-refractivity contribution in [1.82, 2.24) is 10.2 Å². The third kappa shape index (κ3) is 7.52. The van der Waals surface area contributed by atoms with E-state index < -0.39 is 0 Å². The number of fused-ring (bicyclic) bond motifs is 3. The van der Waals surface area contributed by atoms with Crippen LogP contribution in [0.3, 0.4) is 0 Å². The average Bonchev–Trinajstić information content (AvgIpc) is 3.22. The molecule has 0 atom stereocenters. The molecule has 1 aliphatic rings. The number of benzene rings is 2. The molecule has 35 heavy (non-hydrogen) atoms. The maximum atomic E-state index is 13.2. The molecule has 0 saturated carbocycles. The highest BCUT2D eigenvalue weighted by Crippen LogP contribution is 2.41. The molecule has 0 spiro atoms. The molecule has 0 saturated heterocycles.